The second-order valence-corrected chi connectivity index (χ2v) is 7.47. The second-order valence-electron chi connectivity index (χ2n) is 7.47. The Morgan fingerprint density at radius 1 is 0.857 bits per heavy atom. The van der Waals surface area contributed by atoms with Gasteiger partial charge in [-0.05, 0) is 47.9 Å². The lowest BCUT2D eigenvalue weighted by Gasteiger charge is -2.14. The van der Waals surface area contributed by atoms with Crippen molar-refractivity contribution in [3.63, 3.8) is 0 Å². The molecule has 1 amide bonds. The van der Waals surface area contributed by atoms with Crippen LogP contribution < -0.4 is 9.80 Å². The molecule has 1 aliphatic heterocycles. The summed E-state index contributed by atoms with van der Waals surface area (Å²) < 4.78 is 0. The number of benzene rings is 2. The molecule has 0 unspecified atom stereocenters. The quantitative estimate of drug-likeness (QED) is 0.722. The van der Waals surface area contributed by atoms with Crippen LogP contribution in [-0.4, -0.2) is 51.9 Å². The van der Waals surface area contributed by atoms with Crippen LogP contribution in [-0.2, 0) is 11.2 Å². The third-order valence-corrected chi connectivity index (χ3v) is 4.96. The van der Waals surface area contributed by atoms with Crippen LogP contribution >= 0.6 is 0 Å². The van der Waals surface area contributed by atoms with Gasteiger partial charge in [0.2, 0.25) is 0 Å². The van der Waals surface area contributed by atoms with Crippen molar-refractivity contribution in [1.29, 1.82) is 0 Å². The SMILES string of the molecule is CN1C(=O)/C(=C/c2ccc(N(C)C)cc2)N=C1CCc1ccc(N(C)C)cc1. The van der Waals surface area contributed by atoms with Crippen molar-refractivity contribution < 1.29 is 4.79 Å². The molecule has 0 atom stereocenters. The number of anilines is 2. The minimum atomic E-state index is -0.0466. The monoisotopic (exact) mass is 376 g/mol. The van der Waals surface area contributed by atoms with Crippen molar-refractivity contribution in [2.75, 3.05) is 45.0 Å². The lowest BCUT2D eigenvalue weighted by atomic mass is 10.1. The van der Waals surface area contributed by atoms with Gasteiger partial charge in [0.1, 0.15) is 11.5 Å². The zero-order valence-corrected chi connectivity index (χ0v) is 17.3. The molecule has 2 aromatic carbocycles. The third-order valence-electron chi connectivity index (χ3n) is 4.96. The zero-order chi connectivity index (χ0) is 20.3. The van der Waals surface area contributed by atoms with E-state index in [1.807, 2.05) is 63.4 Å². The van der Waals surface area contributed by atoms with Crippen LogP contribution in [0.3, 0.4) is 0 Å². The molecule has 0 N–H and O–H groups in total. The Kier molecular flexibility index (Phi) is 5.83. The predicted octanol–water partition coefficient (Wildman–Crippen LogP) is 3.66. The van der Waals surface area contributed by atoms with Gasteiger partial charge < -0.3 is 9.80 Å². The zero-order valence-electron chi connectivity index (χ0n) is 17.3. The molecule has 0 bridgehead atoms. The molecule has 3 rings (SSSR count). The van der Waals surface area contributed by atoms with Gasteiger partial charge in [-0.25, -0.2) is 4.99 Å². The minimum Gasteiger partial charge on any atom is -0.378 e. The van der Waals surface area contributed by atoms with E-state index in [9.17, 15) is 4.79 Å². The number of nitrogens with zero attached hydrogens (tertiary/aromatic N) is 4. The highest BCUT2D eigenvalue weighted by atomic mass is 16.2. The maximum absolute atomic E-state index is 12.6. The summed E-state index contributed by atoms with van der Waals surface area (Å²) in [4.78, 5) is 22.9. The number of hydrogen-bond donors (Lipinski definition) is 0. The summed E-state index contributed by atoms with van der Waals surface area (Å²) in [5.41, 5.74) is 5.02. The molecule has 2 aromatic rings. The third kappa shape index (κ3) is 4.42. The molecule has 0 spiro atoms. The van der Waals surface area contributed by atoms with E-state index < -0.39 is 0 Å². The largest absolute Gasteiger partial charge is 0.378 e. The number of amidine groups is 1. The molecule has 146 valence electrons. The molecule has 5 nitrogen and oxygen atoms in total. The van der Waals surface area contributed by atoms with Crippen molar-refractivity contribution in [2.24, 2.45) is 4.99 Å². The molecule has 1 heterocycles. The fourth-order valence-electron chi connectivity index (χ4n) is 3.11. The van der Waals surface area contributed by atoms with Gasteiger partial charge in [0, 0.05) is 53.0 Å². The number of carbonyl (C=O) groups excluding carboxylic acids is 1. The molecule has 0 aromatic heterocycles. The van der Waals surface area contributed by atoms with Crippen molar-refractivity contribution in [3.8, 4) is 0 Å². The topological polar surface area (TPSA) is 39.2 Å². The van der Waals surface area contributed by atoms with Crippen molar-refractivity contribution in [2.45, 2.75) is 12.8 Å². The highest BCUT2D eigenvalue weighted by Gasteiger charge is 2.26. The van der Waals surface area contributed by atoms with E-state index in [1.165, 1.54) is 11.3 Å². The molecule has 0 aliphatic carbocycles. The van der Waals surface area contributed by atoms with Gasteiger partial charge in [0.25, 0.3) is 5.91 Å². The first kappa shape index (κ1) is 19.7. The number of aryl methyl sites for hydroxylation is 1. The van der Waals surface area contributed by atoms with E-state index in [2.05, 4.69) is 34.2 Å². The number of aliphatic imine (C=N–C) groups is 1. The van der Waals surface area contributed by atoms with Gasteiger partial charge >= 0.3 is 0 Å². The van der Waals surface area contributed by atoms with Crippen LogP contribution in [0.1, 0.15) is 17.5 Å². The standard InChI is InChI=1S/C23H28N4O/c1-25(2)19-11-6-17(7-12-19)10-15-22-24-21(23(28)27(22)5)16-18-8-13-20(14-9-18)26(3)4/h6-9,11-14,16H,10,15H2,1-5H3/b21-16-. The van der Waals surface area contributed by atoms with Crippen LogP contribution in [0.5, 0.6) is 0 Å². The minimum absolute atomic E-state index is 0.0466. The molecule has 0 radical (unpaired) electrons. The van der Waals surface area contributed by atoms with Crippen molar-refractivity contribution in [1.82, 2.24) is 4.90 Å². The second kappa shape index (κ2) is 8.30. The van der Waals surface area contributed by atoms with Gasteiger partial charge in [-0.15, -0.1) is 0 Å². The summed E-state index contributed by atoms with van der Waals surface area (Å²) in [6, 6.07) is 16.6. The first-order valence-electron chi connectivity index (χ1n) is 9.46. The van der Waals surface area contributed by atoms with Crippen molar-refractivity contribution >= 4 is 29.2 Å². The normalized spacial score (nSPS) is 15.2. The maximum Gasteiger partial charge on any atom is 0.277 e. The van der Waals surface area contributed by atoms with Gasteiger partial charge in [-0.1, -0.05) is 24.3 Å². The summed E-state index contributed by atoms with van der Waals surface area (Å²) in [6.07, 6.45) is 3.45. The fraction of sp³-hybridized carbons (Fsp3) is 0.304. The van der Waals surface area contributed by atoms with Crippen LogP contribution in [0.4, 0.5) is 11.4 Å². The number of amides is 1. The molecule has 0 saturated heterocycles. The van der Waals surface area contributed by atoms with Crippen LogP contribution in [0.2, 0.25) is 0 Å². The maximum atomic E-state index is 12.6. The summed E-state index contributed by atoms with van der Waals surface area (Å²) in [6.45, 7) is 0. The van der Waals surface area contributed by atoms with Crippen molar-refractivity contribution in [3.05, 3.63) is 65.4 Å². The number of hydrogen-bond acceptors (Lipinski definition) is 4. The van der Waals surface area contributed by atoms with E-state index in [1.54, 1.807) is 11.9 Å². The van der Waals surface area contributed by atoms with E-state index in [-0.39, 0.29) is 5.91 Å². The van der Waals surface area contributed by atoms with Gasteiger partial charge in [0.05, 0.1) is 0 Å². The lowest BCUT2D eigenvalue weighted by Crippen LogP contribution is -2.27. The molecule has 0 saturated carbocycles. The van der Waals surface area contributed by atoms with E-state index in [0.29, 0.717) is 5.70 Å². The van der Waals surface area contributed by atoms with Crippen LogP contribution in [0, 0.1) is 0 Å². The van der Waals surface area contributed by atoms with E-state index >= 15 is 0 Å². The molecule has 0 fully saturated rings. The summed E-state index contributed by atoms with van der Waals surface area (Å²) in [5.74, 6) is 0.771. The number of likely N-dealkylation sites (N-methyl/N-ethyl adjacent to an activating group) is 1. The first-order chi connectivity index (χ1) is 13.3. The Morgan fingerprint density at radius 3 is 1.93 bits per heavy atom. The molecule has 28 heavy (non-hydrogen) atoms. The summed E-state index contributed by atoms with van der Waals surface area (Å²) >= 11 is 0. The highest BCUT2D eigenvalue weighted by molar-refractivity contribution is 6.14. The smallest absolute Gasteiger partial charge is 0.277 e. The van der Waals surface area contributed by atoms with E-state index in [4.69, 9.17) is 0 Å². The Hall–Kier alpha value is -3.08. The average molecular weight is 377 g/mol. The lowest BCUT2D eigenvalue weighted by molar-refractivity contribution is -0.121. The Bertz CT molecular complexity index is 893. The number of rotatable bonds is 6. The predicted molar refractivity (Wildman–Crippen MR) is 118 cm³/mol. The molecular weight excluding hydrogens is 348 g/mol. The fourth-order valence-corrected chi connectivity index (χ4v) is 3.11. The summed E-state index contributed by atoms with van der Waals surface area (Å²) in [5, 5.41) is 0. The number of carbonyl (C=O) groups is 1. The Labute approximate surface area is 167 Å². The molecular formula is C23H28N4O. The van der Waals surface area contributed by atoms with Crippen LogP contribution in [0.25, 0.3) is 6.08 Å². The van der Waals surface area contributed by atoms with Gasteiger partial charge in [-0.2, -0.15) is 0 Å². The molecule has 1 aliphatic rings. The molecule has 5 heteroatoms. The van der Waals surface area contributed by atoms with Crippen LogP contribution in [0.15, 0.2) is 59.2 Å². The average Bonchev–Trinajstić information content (AvgIpc) is 2.95. The van der Waals surface area contributed by atoms with E-state index in [0.717, 1.165) is 29.9 Å². The first-order valence-corrected chi connectivity index (χ1v) is 9.46. The van der Waals surface area contributed by atoms with Gasteiger partial charge in [0.15, 0.2) is 0 Å². The Morgan fingerprint density at radius 2 is 1.39 bits per heavy atom. The highest BCUT2D eigenvalue weighted by Crippen LogP contribution is 2.21. The summed E-state index contributed by atoms with van der Waals surface area (Å²) in [7, 11) is 9.88. The van der Waals surface area contributed by atoms with Gasteiger partial charge in [-0.3, -0.25) is 9.69 Å². The Balaban J connectivity index is 1.70.